The number of rotatable bonds is 6. The first-order valence-corrected chi connectivity index (χ1v) is 6.16. The lowest BCUT2D eigenvalue weighted by Gasteiger charge is -2.17. The van der Waals surface area contributed by atoms with E-state index in [0.29, 0.717) is 6.54 Å². The number of aldehydes is 1. The van der Waals surface area contributed by atoms with E-state index in [1.807, 2.05) is 18.1 Å². The summed E-state index contributed by atoms with van der Waals surface area (Å²) in [5, 5.41) is 1.96. The van der Waals surface area contributed by atoms with Gasteiger partial charge in [-0.1, -0.05) is 6.92 Å². The number of nitrogens with one attached hydrogen (secondary N) is 1. The van der Waals surface area contributed by atoms with Gasteiger partial charge in [0, 0.05) is 37.0 Å². The topological polar surface area (TPSA) is 45.2 Å². The third kappa shape index (κ3) is 4.77. The van der Waals surface area contributed by atoms with Gasteiger partial charge in [-0.05, 0) is 39.2 Å². The molecule has 0 amide bonds. The van der Waals surface area contributed by atoms with Crippen LogP contribution in [0.2, 0.25) is 0 Å². The highest BCUT2D eigenvalue weighted by molar-refractivity contribution is 9.10. The molecule has 1 aromatic rings. The number of pyridine rings is 1. The normalized spacial score (nSPS) is 11.9. The fraction of sp³-hybridized carbons (Fsp3) is 0.333. The van der Waals surface area contributed by atoms with Crippen molar-refractivity contribution in [3.63, 3.8) is 0 Å². The van der Waals surface area contributed by atoms with Gasteiger partial charge in [0.25, 0.3) is 0 Å². The average Bonchev–Trinajstić information content (AvgIpc) is 2.34. The number of allylic oxidation sites excluding steroid dienone is 1. The zero-order chi connectivity index (χ0) is 12.7. The molecule has 0 bridgehead atoms. The van der Waals surface area contributed by atoms with E-state index >= 15 is 0 Å². The van der Waals surface area contributed by atoms with E-state index in [-0.39, 0.29) is 0 Å². The summed E-state index contributed by atoms with van der Waals surface area (Å²) in [5.41, 5.74) is 5.04. The number of carbonyl (C=O) groups is 1. The van der Waals surface area contributed by atoms with Crippen molar-refractivity contribution in [2.24, 2.45) is 0 Å². The first-order chi connectivity index (χ1) is 8.17. The predicted molar refractivity (Wildman–Crippen MR) is 72.3 cm³/mol. The summed E-state index contributed by atoms with van der Waals surface area (Å²) in [7, 11) is 1.96. The van der Waals surface area contributed by atoms with Gasteiger partial charge in [0.1, 0.15) is 6.29 Å². The van der Waals surface area contributed by atoms with Crippen LogP contribution in [-0.4, -0.2) is 36.4 Å². The van der Waals surface area contributed by atoms with Crippen LogP contribution in [0.25, 0.3) is 5.57 Å². The molecule has 0 aromatic carbocycles. The Kier molecular flexibility index (Phi) is 6.04. The minimum Gasteiger partial charge on any atom is -0.299 e. The Morgan fingerprint density at radius 2 is 2.35 bits per heavy atom. The molecule has 5 heteroatoms. The molecule has 0 unspecified atom stereocenters. The summed E-state index contributed by atoms with van der Waals surface area (Å²) in [6.07, 6.45) is 5.81. The van der Waals surface area contributed by atoms with Gasteiger partial charge in [0.15, 0.2) is 0 Å². The van der Waals surface area contributed by atoms with Crippen molar-refractivity contribution >= 4 is 27.8 Å². The van der Waals surface area contributed by atoms with Crippen LogP contribution in [0.4, 0.5) is 0 Å². The van der Waals surface area contributed by atoms with E-state index < -0.39 is 0 Å². The number of carbonyl (C=O) groups excluding carboxylic acids is 1. The van der Waals surface area contributed by atoms with Crippen LogP contribution in [0, 0.1) is 0 Å². The van der Waals surface area contributed by atoms with Crippen molar-refractivity contribution in [3.05, 3.63) is 34.6 Å². The molecule has 17 heavy (non-hydrogen) atoms. The second-order valence-corrected chi connectivity index (χ2v) is 4.48. The number of hydrogen-bond donors (Lipinski definition) is 1. The average molecular weight is 298 g/mol. The van der Waals surface area contributed by atoms with Gasteiger partial charge in [-0.2, -0.15) is 0 Å². The van der Waals surface area contributed by atoms with Crippen molar-refractivity contribution in [1.82, 2.24) is 15.4 Å². The van der Waals surface area contributed by atoms with Gasteiger partial charge >= 0.3 is 0 Å². The van der Waals surface area contributed by atoms with E-state index in [0.717, 1.165) is 28.4 Å². The second-order valence-electron chi connectivity index (χ2n) is 3.57. The smallest absolute Gasteiger partial charge is 0.143 e. The molecule has 0 atom stereocenters. The summed E-state index contributed by atoms with van der Waals surface area (Å²) < 4.78 is 0.899. The summed E-state index contributed by atoms with van der Waals surface area (Å²) in [6, 6.07) is 1.94. The maximum absolute atomic E-state index is 10.6. The molecule has 0 saturated heterocycles. The SMILES string of the molecule is CCN(C)NC/C(=C\C=O)c1cncc(Br)c1. The third-order valence-corrected chi connectivity index (χ3v) is 2.79. The Labute approximate surface area is 110 Å². The van der Waals surface area contributed by atoms with Gasteiger partial charge in [0.2, 0.25) is 0 Å². The Morgan fingerprint density at radius 3 is 2.94 bits per heavy atom. The molecule has 1 aromatic heterocycles. The minimum absolute atomic E-state index is 0.598. The van der Waals surface area contributed by atoms with Gasteiger partial charge in [-0.3, -0.25) is 15.2 Å². The summed E-state index contributed by atoms with van der Waals surface area (Å²) in [4.78, 5) is 14.7. The number of aromatic nitrogens is 1. The van der Waals surface area contributed by atoms with Crippen molar-refractivity contribution in [2.45, 2.75) is 6.92 Å². The molecule has 0 radical (unpaired) electrons. The molecular formula is C12H16BrN3O. The van der Waals surface area contributed by atoms with E-state index in [2.05, 4.69) is 33.3 Å². The van der Waals surface area contributed by atoms with E-state index in [9.17, 15) is 4.79 Å². The Hall–Kier alpha value is -1.04. The molecule has 0 aliphatic heterocycles. The number of nitrogens with zero attached hydrogens (tertiary/aromatic N) is 2. The van der Waals surface area contributed by atoms with Crippen molar-refractivity contribution in [3.8, 4) is 0 Å². The Balaban J connectivity index is 2.80. The van der Waals surface area contributed by atoms with Gasteiger partial charge in [-0.25, -0.2) is 5.01 Å². The minimum atomic E-state index is 0.598. The highest BCUT2D eigenvalue weighted by Crippen LogP contribution is 2.16. The van der Waals surface area contributed by atoms with Crippen LogP contribution in [0.5, 0.6) is 0 Å². The van der Waals surface area contributed by atoms with E-state index in [1.54, 1.807) is 18.5 Å². The third-order valence-electron chi connectivity index (χ3n) is 2.36. The second kappa shape index (κ2) is 7.32. The van der Waals surface area contributed by atoms with E-state index in [4.69, 9.17) is 0 Å². The van der Waals surface area contributed by atoms with Crippen LogP contribution in [0.3, 0.4) is 0 Å². The Bertz CT molecular complexity index is 406. The van der Waals surface area contributed by atoms with Gasteiger partial charge < -0.3 is 0 Å². The lowest BCUT2D eigenvalue weighted by Crippen LogP contribution is -2.35. The van der Waals surface area contributed by atoms with Gasteiger partial charge in [-0.15, -0.1) is 0 Å². The number of halogens is 1. The number of hydrazine groups is 1. The lowest BCUT2D eigenvalue weighted by molar-refractivity contribution is -0.104. The summed E-state index contributed by atoms with van der Waals surface area (Å²) in [5.74, 6) is 0. The largest absolute Gasteiger partial charge is 0.299 e. The molecule has 1 N–H and O–H groups in total. The molecule has 4 nitrogen and oxygen atoms in total. The summed E-state index contributed by atoms with van der Waals surface area (Å²) in [6.45, 7) is 3.54. The molecular weight excluding hydrogens is 282 g/mol. The van der Waals surface area contributed by atoms with Crippen LogP contribution in [0.15, 0.2) is 29.0 Å². The lowest BCUT2D eigenvalue weighted by atomic mass is 10.1. The van der Waals surface area contributed by atoms with Crippen molar-refractivity contribution in [1.29, 1.82) is 0 Å². The molecule has 0 saturated carbocycles. The van der Waals surface area contributed by atoms with Gasteiger partial charge in [0.05, 0.1) is 0 Å². The standard InChI is InChI=1S/C12H16BrN3O/c1-3-16(2)15-8-10(4-5-17)11-6-12(13)9-14-7-11/h4-7,9,15H,3,8H2,1-2H3/b10-4+. The maximum atomic E-state index is 10.6. The highest BCUT2D eigenvalue weighted by Gasteiger charge is 2.03. The summed E-state index contributed by atoms with van der Waals surface area (Å²) >= 11 is 3.37. The van der Waals surface area contributed by atoms with Crippen LogP contribution in [-0.2, 0) is 4.79 Å². The van der Waals surface area contributed by atoms with Crippen LogP contribution < -0.4 is 5.43 Å². The predicted octanol–water partition coefficient (Wildman–Crippen LogP) is 1.88. The van der Waals surface area contributed by atoms with E-state index in [1.165, 1.54) is 0 Å². The monoisotopic (exact) mass is 297 g/mol. The zero-order valence-corrected chi connectivity index (χ0v) is 11.6. The molecule has 0 aliphatic carbocycles. The first-order valence-electron chi connectivity index (χ1n) is 5.37. The molecule has 92 valence electrons. The highest BCUT2D eigenvalue weighted by atomic mass is 79.9. The zero-order valence-electron chi connectivity index (χ0n) is 9.98. The fourth-order valence-electron chi connectivity index (χ4n) is 1.26. The number of hydrogen-bond acceptors (Lipinski definition) is 4. The Morgan fingerprint density at radius 1 is 1.59 bits per heavy atom. The van der Waals surface area contributed by atoms with Crippen molar-refractivity contribution in [2.75, 3.05) is 20.1 Å². The van der Waals surface area contributed by atoms with Crippen LogP contribution >= 0.6 is 15.9 Å². The molecule has 0 aliphatic rings. The maximum Gasteiger partial charge on any atom is 0.143 e. The molecule has 0 fully saturated rings. The first kappa shape index (κ1) is 14.0. The molecule has 0 spiro atoms. The molecule has 1 heterocycles. The fourth-order valence-corrected chi connectivity index (χ4v) is 1.62. The quantitative estimate of drug-likeness (QED) is 0.495. The van der Waals surface area contributed by atoms with Crippen LogP contribution in [0.1, 0.15) is 12.5 Å². The van der Waals surface area contributed by atoms with Crippen molar-refractivity contribution < 1.29 is 4.79 Å². The molecule has 1 rings (SSSR count).